The number of methoxy groups -OCH3 is 2. The Hall–Kier alpha value is -4.25. The molecular formula is C33H34ClN3O7. The first-order chi connectivity index (χ1) is 21.3. The summed E-state index contributed by atoms with van der Waals surface area (Å²) in [6.07, 6.45) is 4.18. The third-order valence-corrected chi connectivity index (χ3v) is 7.82. The summed E-state index contributed by atoms with van der Waals surface area (Å²) < 4.78 is 22.2. The van der Waals surface area contributed by atoms with Gasteiger partial charge in [-0.25, -0.2) is 4.79 Å². The molecule has 1 N–H and O–H groups in total. The minimum atomic E-state index is -0.788. The molecule has 0 bridgehead atoms. The van der Waals surface area contributed by atoms with Crippen molar-refractivity contribution in [1.82, 2.24) is 9.88 Å². The first-order valence-corrected chi connectivity index (χ1v) is 14.8. The number of anilines is 1. The van der Waals surface area contributed by atoms with E-state index in [1.54, 1.807) is 12.3 Å². The first kappa shape index (κ1) is 31.2. The maximum Gasteiger partial charge on any atom is 0.374 e. The smallest absolute Gasteiger partial charge is 0.374 e. The van der Waals surface area contributed by atoms with Crippen LogP contribution in [0.25, 0.3) is 11.0 Å². The first-order valence-electron chi connectivity index (χ1n) is 14.4. The van der Waals surface area contributed by atoms with E-state index in [-0.39, 0.29) is 47.0 Å². The van der Waals surface area contributed by atoms with Gasteiger partial charge in [0.25, 0.3) is 0 Å². The number of pyridine rings is 1. The molecule has 44 heavy (non-hydrogen) atoms. The normalized spacial score (nSPS) is 14.7. The molecule has 1 atom stereocenters. The Morgan fingerprint density at radius 2 is 1.86 bits per heavy atom. The Morgan fingerprint density at radius 1 is 1.09 bits per heavy atom. The fourth-order valence-electron chi connectivity index (χ4n) is 5.27. The summed E-state index contributed by atoms with van der Waals surface area (Å²) in [5.74, 6) is -0.913. The van der Waals surface area contributed by atoms with Gasteiger partial charge in [-0.05, 0) is 61.7 Å². The van der Waals surface area contributed by atoms with Gasteiger partial charge in [0, 0.05) is 42.9 Å². The zero-order valence-electron chi connectivity index (χ0n) is 24.6. The summed E-state index contributed by atoms with van der Waals surface area (Å²) >= 11 is 6.11. The Bertz CT molecular complexity index is 1650. The van der Waals surface area contributed by atoms with Crippen LogP contribution in [0.5, 0.6) is 5.75 Å². The van der Waals surface area contributed by atoms with Crippen molar-refractivity contribution in [3.63, 3.8) is 0 Å². The van der Waals surface area contributed by atoms with Gasteiger partial charge in [-0.1, -0.05) is 29.8 Å². The summed E-state index contributed by atoms with van der Waals surface area (Å²) in [6, 6.07) is 17.6. The van der Waals surface area contributed by atoms with Crippen LogP contribution in [0.15, 0.2) is 76.1 Å². The van der Waals surface area contributed by atoms with Gasteiger partial charge >= 0.3 is 5.97 Å². The lowest BCUT2D eigenvalue weighted by atomic mass is 10.0. The Labute approximate surface area is 259 Å². The fourth-order valence-corrected chi connectivity index (χ4v) is 5.39. The molecule has 2 aromatic carbocycles. The maximum absolute atomic E-state index is 12.9. The number of rotatable bonds is 11. The van der Waals surface area contributed by atoms with Crippen molar-refractivity contribution < 1.29 is 28.2 Å². The van der Waals surface area contributed by atoms with Crippen LogP contribution in [0.4, 0.5) is 5.69 Å². The number of hydrogen-bond acceptors (Lipinski definition) is 9. The van der Waals surface area contributed by atoms with Gasteiger partial charge in [0.05, 0.1) is 37.1 Å². The number of carbonyl (C=O) groups is 2. The van der Waals surface area contributed by atoms with Crippen molar-refractivity contribution >= 4 is 40.1 Å². The minimum absolute atomic E-state index is 0.0723. The van der Waals surface area contributed by atoms with E-state index in [0.29, 0.717) is 17.2 Å². The van der Waals surface area contributed by atoms with E-state index < -0.39 is 11.4 Å². The molecule has 3 heterocycles. The van der Waals surface area contributed by atoms with Crippen LogP contribution in [0, 0.1) is 0 Å². The lowest BCUT2D eigenvalue weighted by Crippen LogP contribution is -2.38. The zero-order valence-corrected chi connectivity index (χ0v) is 25.3. The summed E-state index contributed by atoms with van der Waals surface area (Å²) in [4.78, 5) is 44.4. The number of fused-ring (bicyclic) bond motifs is 1. The third-order valence-electron chi connectivity index (χ3n) is 7.57. The molecule has 230 valence electrons. The topological polar surface area (TPSA) is 120 Å². The highest BCUT2D eigenvalue weighted by Gasteiger charge is 2.26. The minimum Gasteiger partial charge on any atom is -0.497 e. The second-order valence-electron chi connectivity index (χ2n) is 10.5. The van der Waals surface area contributed by atoms with Crippen molar-refractivity contribution in [3.8, 4) is 5.75 Å². The number of benzene rings is 2. The van der Waals surface area contributed by atoms with Crippen LogP contribution < -0.4 is 15.5 Å². The average molecular weight is 620 g/mol. The number of nitrogens with zero attached hydrogens (tertiary/aromatic N) is 2. The Morgan fingerprint density at radius 3 is 2.55 bits per heavy atom. The number of nitrogens with one attached hydrogen (secondary N) is 1. The highest BCUT2D eigenvalue weighted by Crippen LogP contribution is 2.31. The van der Waals surface area contributed by atoms with Gasteiger partial charge in [-0.3, -0.25) is 14.6 Å². The predicted molar refractivity (Wildman–Crippen MR) is 166 cm³/mol. The van der Waals surface area contributed by atoms with Crippen molar-refractivity contribution in [3.05, 3.63) is 99.1 Å². The number of hydrogen-bond donors (Lipinski definition) is 1. The van der Waals surface area contributed by atoms with E-state index in [2.05, 4.69) is 19.9 Å². The molecule has 4 aromatic rings. The van der Waals surface area contributed by atoms with Crippen LogP contribution in [0.1, 0.15) is 53.6 Å². The number of piperidine rings is 1. The summed E-state index contributed by atoms with van der Waals surface area (Å²) in [7, 11) is 2.65. The van der Waals surface area contributed by atoms with E-state index in [4.69, 9.17) is 25.5 Å². The largest absolute Gasteiger partial charge is 0.497 e. The second kappa shape index (κ2) is 14.5. The molecule has 11 heteroatoms. The molecular weight excluding hydrogens is 586 g/mol. The number of likely N-dealkylation sites (tertiary alicyclic amines) is 1. The molecule has 0 saturated carbocycles. The molecule has 1 saturated heterocycles. The average Bonchev–Trinajstić information content (AvgIpc) is 3.05. The van der Waals surface area contributed by atoms with E-state index in [1.165, 1.54) is 20.3 Å². The van der Waals surface area contributed by atoms with Gasteiger partial charge in [0.15, 0.2) is 11.0 Å². The molecule has 0 spiro atoms. The van der Waals surface area contributed by atoms with Crippen molar-refractivity contribution in [2.75, 3.05) is 39.2 Å². The summed E-state index contributed by atoms with van der Waals surface area (Å²) in [5, 5.41) is 3.67. The van der Waals surface area contributed by atoms with Gasteiger partial charge < -0.3 is 28.8 Å². The predicted octanol–water partition coefficient (Wildman–Crippen LogP) is 5.63. The van der Waals surface area contributed by atoms with Crippen LogP contribution in [-0.4, -0.2) is 61.7 Å². The van der Waals surface area contributed by atoms with E-state index >= 15 is 0 Å². The SMILES string of the molecule is COC(=O)c1cc(=O)c2cc(OC)cc(NC(=O)CCCN3CCC(OC(c4ccc(Cl)cc4)c4ccccn4)CC3)c2o1. The van der Waals surface area contributed by atoms with Crippen LogP contribution in [0.2, 0.25) is 5.02 Å². The number of esters is 1. The van der Waals surface area contributed by atoms with E-state index in [0.717, 1.165) is 49.8 Å². The molecule has 1 aliphatic rings. The van der Waals surface area contributed by atoms with E-state index in [9.17, 15) is 14.4 Å². The number of ether oxygens (including phenoxy) is 3. The highest BCUT2D eigenvalue weighted by molar-refractivity contribution is 6.30. The molecule has 0 aliphatic carbocycles. The van der Waals surface area contributed by atoms with Crippen molar-refractivity contribution in [1.29, 1.82) is 0 Å². The van der Waals surface area contributed by atoms with Gasteiger partial charge in [-0.15, -0.1) is 0 Å². The molecule has 1 fully saturated rings. The van der Waals surface area contributed by atoms with Gasteiger partial charge in [0.2, 0.25) is 11.7 Å². The summed E-state index contributed by atoms with van der Waals surface area (Å²) in [5.41, 5.74) is 1.73. The maximum atomic E-state index is 12.9. The molecule has 1 aliphatic heterocycles. The number of aromatic nitrogens is 1. The van der Waals surface area contributed by atoms with Crippen LogP contribution in [-0.2, 0) is 14.3 Å². The molecule has 5 rings (SSSR count). The molecule has 1 unspecified atom stereocenters. The number of halogens is 1. The summed E-state index contributed by atoms with van der Waals surface area (Å²) in [6.45, 7) is 2.45. The van der Waals surface area contributed by atoms with Crippen LogP contribution >= 0.6 is 11.6 Å². The quantitative estimate of drug-likeness (QED) is 0.213. The monoisotopic (exact) mass is 619 g/mol. The molecule has 10 nitrogen and oxygen atoms in total. The molecule has 2 aromatic heterocycles. The van der Waals surface area contributed by atoms with Gasteiger partial charge in [-0.2, -0.15) is 0 Å². The van der Waals surface area contributed by atoms with Gasteiger partial charge in [0.1, 0.15) is 11.9 Å². The number of amides is 1. The Balaban J connectivity index is 1.15. The van der Waals surface area contributed by atoms with E-state index in [1.807, 2.05) is 42.5 Å². The zero-order chi connectivity index (χ0) is 31.1. The molecule has 0 radical (unpaired) electrons. The fraction of sp³-hybridized carbons (Fsp3) is 0.333. The lowest BCUT2D eigenvalue weighted by molar-refractivity contribution is -0.116. The standard InChI is InChI=1S/C33H34ClN3O7/c1-41-24-18-25-28(38)20-29(33(40)42-2)44-32(25)27(19-24)36-30(39)7-5-15-37-16-12-23(13-17-37)43-31(26-6-3-4-14-35-26)21-8-10-22(34)11-9-21/h3-4,6,8-11,14,18-20,23,31H,5,7,12-13,15-17H2,1-2H3,(H,36,39). The third kappa shape index (κ3) is 7.63. The van der Waals surface area contributed by atoms with Crippen molar-refractivity contribution in [2.24, 2.45) is 0 Å². The number of carbonyl (C=O) groups excluding carboxylic acids is 2. The van der Waals surface area contributed by atoms with Crippen molar-refractivity contribution in [2.45, 2.75) is 37.9 Å². The second-order valence-corrected chi connectivity index (χ2v) is 11.0. The highest BCUT2D eigenvalue weighted by atomic mass is 35.5. The van der Waals surface area contributed by atoms with Crippen LogP contribution in [0.3, 0.4) is 0 Å². The lowest BCUT2D eigenvalue weighted by Gasteiger charge is -2.34. The molecule has 1 amide bonds. The Kier molecular flexibility index (Phi) is 10.3.